The minimum Gasteiger partial charge on any atom is -0.545 e. The summed E-state index contributed by atoms with van der Waals surface area (Å²) in [5.41, 5.74) is 3.37. The number of ether oxygens (including phenoxy) is 2. The third-order valence-corrected chi connectivity index (χ3v) is 7.36. The van der Waals surface area contributed by atoms with Crippen LogP contribution >= 0.6 is 11.3 Å². The Bertz CT molecular complexity index is 1330. The van der Waals surface area contributed by atoms with E-state index in [-0.39, 0.29) is 41.2 Å². The molecule has 1 aliphatic rings. The Labute approximate surface area is 212 Å². The van der Waals surface area contributed by atoms with E-state index in [1.54, 1.807) is 17.4 Å². The summed E-state index contributed by atoms with van der Waals surface area (Å²) >= 11 is 1.62. The van der Waals surface area contributed by atoms with Crippen molar-refractivity contribution in [3.8, 4) is 16.3 Å². The fourth-order valence-electron chi connectivity index (χ4n) is 4.06. The van der Waals surface area contributed by atoms with Crippen LogP contribution in [0.3, 0.4) is 0 Å². The number of hydrogen-bond acceptors (Lipinski definition) is 6. The molecule has 5 rings (SSSR count). The van der Waals surface area contributed by atoms with Gasteiger partial charge in [0.25, 0.3) is 0 Å². The molecule has 3 heterocycles. The minimum absolute atomic E-state index is 0. The second-order valence-electron chi connectivity index (χ2n) is 8.12. The second-order valence-corrected chi connectivity index (χ2v) is 9.17. The maximum atomic E-state index is 12.2. The van der Waals surface area contributed by atoms with Gasteiger partial charge in [-0.2, -0.15) is 0 Å². The number of carboxylic acids is 1. The minimum atomic E-state index is -1.23. The molecule has 0 spiro atoms. The van der Waals surface area contributed by atoms with Gasteiger partial charge in [-0.3, -0.25) is 0 Å². The Morgan fingerprint density at radius 2 is 1.97 bits per heavy atom. The van der Waals surface area contributed by atoms with Crippen molar-refractivity contribution in [1.29, 1.82) is 0 Å². The van der Waals surface area contributed by atoms with Crippen molar-refractivity contribution >= 4 is 38.3 Å². The van der Waals surface area contributed by atoms with Crippen LogP contribution in [0.2, 0.25) is 0 Å². The summed E-state index contributed by atoms with van der Waals surface area (Å²) in [6, 6.07) is 13.5. The van der Waals surface area contributed by atoms with Crippen molar-refractivity contribution in [2.75, 3.05) is 13.2 Å². The molecule has 2 aromatic heterocycles. The Balaban J connectivity index is 0.00000245. The van der Waals surface area contributed by atoms with Crippen LogP contribution in [0.4, 0.5) is 0 Å². The summed E-state index contributed by atoms with van der Waals surface area (Å²) in [7, 11) is 0. The normalized spacial score (nSPS) is 14.7. The first kappa shape index (κ1) is 23.2. The van der Waals surface area contributed by atoms with Crippen molar-refractivity contribution < 1.29 is 48.9 Å². The third kappa shape index (κ3) is 3.95. The average molecular weight is 456 g/mol. The van der Waals surface area contributed by atoms with Crippen LogP contribution in [0.25, 0.3) is 31.6 Å². The number of carboxylic acid groups (broad SMARTS) is 1. The third-order valence-electron chi connectivity index (χ3n) is 6.06. The van der Waals surface area contributed by atoms with Crippen molar-refractivity contribution in [3.63, 3.8) is 0 Å². The van der Waals surface area contributed by atoms with Crippen LogP contribution in [-0.2, 0) is 4.74 Å². The maximum absolute atomic E-state index is 12.2. The predicted octanol–water partition coefficient (Wildman–Crippen LogP) is 1.51. The van der Waals surface area contributed by atoms with Gasteiger partial charge in [-0.25, -0.2) is 4.98 Å². The van der Waals surface area contributed by atoms with Gasteiger partial charge in [0.2, 0.25) is 0 Å². The number of hydrogen-bond donors (Lipinski definition) is 0. The summed E-state index contributed by atoms with van der Waals surface area (Å²) in [5.74, 6) is -0.412. The van der Waals surface area contributed by atoms with Gasteiger partial charge in [-0.05, 0) is 55.5 Å². The molecule has 0 unspecified atom stereocenters. The molecule has 158 valence electrons. The van der Waals surface area contributed by atoms with Crippen LogP contribution in [0.15, 0.2) is 42.5 Å². The second kappa shape index (κ2) is 9.12. The molecule has 5 nitrogen and oxygen atoms in total. The van der Waals surface area contributed by atoms with E-state index in [1.807, 2.05) is 45.0 Å². The van der Waals surface area contributed by atoms with E-state index >= 15 is 0 Å². The molecule has 1 atom stereocenters. The summed E-state index contributed by atoms with van der Waals surface area (Å²) in [6.45, 7) is 7.29. The molecule has 1 saturated heterocycles. The monoisotopic (exact) mass is 455 g/mol. The number of carbonyl (C=O) groups is 1. The van der Waals surface area contributed by atoms with Gasteiger partial charge in [0, 0.05) is 16.2 Å². The van der Waals surface area contributed by atoms with Crippen LogP contribution in [0.1, 0.15) is 28.4 Å². The quantitative estimate of drug-likeness (QED) is 0.427. The molecule has 0 bridgehead atoms. The van der Waals surface area contributed by atoms with Gasteiger partial charge in [-0.1, -0.05) is 24.3 Å². The number of aromatic nitrogens is 1. The van der Waals surface area contributed by atoms with E-state index in [1.165, 1.54) is 0 Å². The van der Waals surface area contributed by atoms with E-state index in [4.69, 9.17) is 14.5 Å². The number of pyridine rings is 1. The maximum Gasteiger partial charge on any atom is 1.00 e. The number of thiophene rings is 1. The van der Waals surface area contributed by atoms with Gasteiger partial charge in [-0.15, -0.1) is 11.3 Å². The molecule has 0 N–H and O–H groups in total. The zero-order chi connectivity index (χ0) is 21.7. The first-order valence-electron chi connectivity index (χ1n) is 10.3. The standard InChI is InChI=1S/C25H23NO4S.Na/c1-13-8-9-20(30-15(3)16-11-29-12-16)22-18(25(27)28)10-19(26-23(13)22)24-14(2)17-6-4-5-7-21(17)31-24;/h4-10,15-16H,11-12H2,1-3H3,(H,27,28);/q;+1/p-1/t15-;/m0./s1. The van der Waals surface area contributed by atoms with Crippen molar-refractivity contribution in [2.24, 2.45) is 5.92 Å². The number of benzene rings is 2. The first-order valence-corrected chi connectivity index (χ1v) is 11.1. The SMILES string of the molecule is Cc1c(-c2cc(C(=O)[O-])c3c(O[C@@H](C)C4COC4)ccc(C)c3n2)sc2ccccc12.[Na+]. The number of carbonyl (C=O) groups excluding carboxylic acids is 1. The molecule has 0 radical (unpaired) electrons. The number of aromatic carboxylic acids is 1. The van der Waals surface area contributed by atoms with E-state index in [0.717, 1.165) is 26.1 Å². The molecule has 1 aliphatic heterocycles. The largest absolute Gasteiger partial charge is 1.00 e. The van der Waals surface area contributed by atoms with E-state index < -0.39 is 5.97 Å². The van der Waals surface area contributed by atoms with Gasteiger partial charge in [0.05, 0.1) is 40.7 Å². The van der Waals surface area contributed by atoms with E-state index in [9.17, 15) is 9.90 Å². The average Bonchev–Trinajstić information content (AvgIpc) is 3.05. The summed E-state index contributed by atoms with van der Waals surface area (Å²) in [4.78, 5) is 18.1. The van der Waals surface area contributed by atoms with Gasteiger partial charge < -0.3 is 19.4 Å². The molecule has 7 heteroatoms. The Hall–Kier alpha value is -1.96. The first-order chi connectivity index (χ1) is 14.9. The fraction of sp³-hybridized carbons (Fsp3) is 0.280. The molecular weight excluding hydrogens is 433 g/mol. The van der Waals surface area contributed by atoms with Gasteiger partial charge in [0.1, 0.15) is 11.9 Å². The van der Waals surface area contributed by atoms with Crippen molar-refractivity contribution in [3.05, 3.63) is 59.2 Å². The van der Waals surface area contributed by atoms with Crippen LogP contribution in [0, 0.1) is 19.8 Å². The van der Waals surface area contributed by atoms with Crippen molar-refractivity contribution in [2.45, 2.75) is 26.9 Å². The molecule has 32 heavy (non-hydrogen) atoms. The molecule has 2 aromatic carbocycles. The van der Waals surface area contributed by atoms with Crippen LogP contribution in [0.5, 0.6) is 5.75 Å². The Morgan fingerprint density at radius 3 is 2.62 bits per heavy atom. The number of nitrogens with zero attached hydrogens (tertiary/aromatic N) is 1. The summed E-state index contributed by atoms with van der Waals surface area (Å²) in [5, 5.41) is 13.8. The molecule has 1 fully saturated rings. The van der Waals surface area contributed by atoms with Crippen molar-refractivity contribution in [1.82, 2.24) is 4.98 Å². The zero-order valence-electron chi connectivity index (χ0n) is 18.6. The predicted molar refractivity (Wildman–Crippen MR) is 121 cm³/mol. The number of fused-ring (bicyclic) bond motifs is 2. The molecule has 0 saturated carbocycles. The summed E-state index contributed by atoms with van der Waals surface area (Å²) < 4.78 is 12.6. The molecule has 0 amide bonds. The summed E-state index contributed by atoms with van der Waals surface area (Å²) in [6.07, 6.45) is -0.0845. The topological polar surface area (TPSA) is 71.5 Å². The van der Waals surface area contributed by atoms with E-state index in [2.05, 4.69) is 12.1 Å². The smallest absolute Gasteiger partial charge is 0.545 e. The Morgan fingerprint density at radius 1 is 1.22 bits per heavy atom. The molecule has 4 aromatic rings. The van der Waals surface area contributed by atoms with Crippen LogP contribution in [-0.4, -0.2) is 30.3 Å². The van der Waals surface area contributed by atoms with Crippen LogP contribution < -0.4 is 39.4 Å². The Kier molecular flexibility index (Phi) is 6.61. The number of rotatable bonds is 5. The molecular formula is C25H22NNaO4S. The molecule has 0 aliphatic carbocycles. The van der Waals surface area contributed by atoms with E-state index in [0.29, 0.717) is 41.5 Å². The fourth-order valence-corrected chi connectivity index (χ4v) is 5.23. The number of aryl methyl sites for hydroxylation is 2. The zero-order valence-corrected chi connectivity index (χ0v) is 21.4. The van der Waals surface area contributed by atoms with Gasteiger partial charge >= 0.3 is 29.6 Å². The van der Waals surface area contributed by atoms with Gasteiger partial charge in [0.15, 0.2) is 0 Å².